The molecule has 3 rings (SSSR count). The summed E-state index contributed by atoms with van der Waals surface area (Å²) in [5, 5.41) is 11.1. The molecule has 6 nitrogen and oxygen atoms in total. The van der Waals surface area contributed by atoms with Crippen molar-refractivity contribution < 1.29 is 4.79 Å². The van der Waals surface area contributed by atoms with Gasteiger partial charge in [0.05, 0.1) is 27.4 Å². The third-order valence-corrected chi connectivity index (χ3v) is 3.96. The molecule has 8 heteroatoms. The first kappa shape index (κ1) is 13.3. The van der Waals surface area contributed by atoms with Crippen LogP contribution in [0.5, 0.6) is 0 Å². The van der Waals surface area contributed by atoms with Gasteiger partial charge >= 0.3 is 0 Å². The summed E-state index contributed by atoms with van der Waals surface area (Å²) < 4.78 is 4.75. The van der Waals surface area contributed by atoms with E-state index in [4.69, 9.17) is 0 Å². The van der Waals surface area contributed by atoms with Gasteiger partial charge in [0.15, 0.2) is 4.60 Å². The Balaban J connectivity index is 1.90. The second-order valence-electron chi connectivity index (χ2n) is 4.20. The number of aryl methyl sites for hydroxylation is 1. The summed E-state index contributed by atoms with van der Waals surface area (Å²) in [4.78, 5) is 12.2. The van der Waals surface area contributed by atoms with E-state index in [0.717, 1.165) is 9.99 Å². The van der Waals surface area contributed by atoms with Gasteiger partial charge < -0.3 is 5.32 Å². The number of rotatable bonds is 2. The van der Waals surface area contributed by atoms with Crippen molar-refractivity contribution in [3.05, 3.63) is 45.4 Å². The Bertz CT molecular complexity index is 807. The second-order valence-corrected chi connectivity index (χ2v) is 5.81. The quantitative estimate of drug-likeness (QED) is 0.721. The first-order valence-electron chi connectivity index (χ1n) is 5.68. The van der Waals surface area contributed by atoms with Crippen molar-refractivity contribution >= 4 is 49.0 Å². The molecule has 0 aromatic carbocycles. The predicted octanol–water partition coefficient (Wildman–Crippen LogP) is 2.85. The zero-order valence-corrected chi connectivity index (χ0v) is 13.5. The average molecular weight is 399 g/mol. The maximum absolute atomic E-state index is 12.2. The van der Waals surface area contributed by atoms with Gasteiger partial charge in [-0.1, -0.05) is 0 Å². The fourth-order valence-corrected chi connectivity index (χ4v) is 2.68. The highest BCUT2D eigenvalue weighted by Crippen LogP contribution is 2.21. The first-order chi connectivity index (χ1) is 9.54. The molecule has 0 radical (unpaired) electrons. The fraction of sp³-hybridized carbons (Fsp3) is 0.0833. The van der Waals surface area contributed by atoms with Gasteiger partial charge in [-0.05, 0) is 44.0 Å². The van der Waals surface area contributed by atoms with Crippen LogP contribution >= 0.6 is 31.9 Å². The third-order valence-electron chi connectivity index (χ3n) is 2.76. The molecular formula is C12H9Br2N5O. The SMILES string of the molecule is Cn1cc(NC(=O)c2ccc3c(Br)cnn3c2)c(Br)n1. The van der Waals surface area contributed by atoms with E-state index in [1.54, 1.807) is 40.9 Å². The summed E-state index contributed by atoms with van der Waals surface area (Å²) in [6, 6.07) is 3.59. The number of halogens is 2. The van der Waals surface area contributed by atoms with Gasteiger partial charge in [-0.15, -0.1) is 0 Å². The average Bonchev–Trinajstić information content (AvgIpc) is 2.93. The molecule has 0 fully saturated rings. The molecular weight excluding hydrogens is 390 g/mol. The van der Waals surface area contributed by atoms with E-state index in [1.807, 2.05) is 6.07 Å². The molecule has 0 unspecified atom stereocenters. The zero-order valence-electron chi connectivity index (χ0n) is 10.3. The van der Waals surface area contributed by atoms with Crippen LogP contribution in [0.4, 0.5) is 5.69 Å². The molecule has 0 saturated carbocycles. The van der Waals surface area contributed by atoms with E-state index < -0.39 is 0 Å². The number of hydrogen-bond donors (Lipinski definition) is 1. The largest absolute Gasteiger partial charge is 0.318 e. The van der Waals surface area contributed by atoms with Crippen LogP contribution < -0.4 is 5.32 Å². The van der Waals surface area contributed by atoms with Crippen LogP contribution in [0, 0.1) is 0 Å². The second kappa shape index (κ2) is 5.02. The summed E-state index contributed by atoms with van der Waals surface area (Å²) in [5.74, 6) is -0.216. The van der Waals surface area contributed by atoms with E-state index in [9.17, 15) is 4.79 Å². The number of amides is 1. The molecule has 102 valence electrons. The van der Waals surface area contributed by atoms with E-state index >= 15 is 0 Å². The van der Waals surface area contributed by atoms with Crippen molar-refractivity contribution in [1.82, 2.24) is 19.4 Å². The Kier molecular flexibility index (Phi) is 3.35. The fourth-order valence-electron chi connectivity index (χ4n) is 1.83. The highest BCUT2D eigenvalue weighted by Gasteiger charge is 2.12. The number of fused-ring (bicyclic) bond motifs is 1. The van der Waals surface area contributed by atoms with Crippen LogP contribution in [0.25, 0.3) is 5.52 Å². The summed E-state index contributed by atoms with van der Waals surface area (Å²) in [7, 11) is 1.79. The molecule has 0 aliphatic heterocycles. The maximum atomic E-state index is 12.2. The first-order valence-corrected chi connectivity index (χ1v) is 7.26. The number of anilines is 1. The van der Waals surface area contributed by atoms with Crippen LogP contribution in [0.1, 0.15) is 10.4 Å². The van der Waals surface area contributed by atoms with Gasteiger partial charge in [-0.2, -0.15) is 10.2 Å². The van der Waals surface area contributed by atoms with Crippen molar-refractivity contribution in [3.8, 4) is 0 Å². The number of carbonyl (C=O) groups is 1. The van der Waals surface area contributed by atoms with Crippen molar-refractivity contribution in [2.45, 2.75) is 0 Å². The van der Waals surface area contributed by atoms with Gasteiger partial charge in [0.2, 0.25) is 0 Å². The lowest BCUT2D eigenvalue weighted by Gasteiger charge is -2.03. The summed E-state index contributed by atoms with van der Waals surface area (Å²) >= 11 is 6.68. The van der Waals surface area contributed by atoms with Crippen molar-refractivity contribution in [2.75, 3.05) is 5.32 Å². The molecule has 0 aliphatic rings. The summed E-state index contributed by atoms with van der Waals surface area (Å²) in [5.41, 5.74) is 2.05. The van der Waals surface area contributed by atoms with E-state index in [1.165, 1.54) is 0 Å². The molecule has 1 N–H and O–H groups in total. The number of hydrogen-bond acceptors (Lipinski definition) is 3. The Morgan fingerprint density at radius 1 is 1.30 bits per heavy atom. The lowest BCUT2D eigenvalue weighted by atomic mass is 10.2. The minimum absolute atomic E-state index is 0.216. The van der Waals surface area contributed by atoms with Gasteiger partial charge in [0, 0.05) is 19.4 Å². The molecule has 3 aromatic rings. The number of nitrogens with one attached hydrogen (secondary N) is 1. The Labute approximate surface area is 131 Å². The Hall–Kier alpha value is -1.67. The van der Waals surface area contributed by atoms with Crippen molar-refractivity contribution in [1.29, 1.82) is 0 Å². The number of nitrogens with zero attached hydrogens (tertiary/aromatic N) is 4. The molecule has 0 spiro atoms. The minimum atomic E-state index is -0.216. The molecule has 0 atom stereocenters. The lowest BCUT2D eigenvalue weighted by Crippen LogP contribution is -2.12. The van der Waals surface area contributed by atoms with Gasteiger partial charge in [0.1, 0.15) is 0 Å². The predicted molar refractivity (Wildman–Crippen MR) is 81.8 cm³/mol. The number of carbonyl (C=O) groups excluding carboxylic acids is 1. The molecule has 0 aliphatic carbocycles. The Morgan fingerprint density at radius 3 is 2.80 bits per heavy atom. The molecule has 3 heterocycles. The van der Waals surface area contributed by atoms with E-state index in [-0.39, 0.29) is 5.91 Å². The highest BCUT2D eigenvalue weighted by molar-refractivity contribution is 9.11. The Morgan fingerprint density at radius 2 is 2.10 bits per heavy atom. The van der Waals surface area contributed by atoms with E-state index in [2.05, 4.69) is 47.4 Å². The summed E-state index contributed by atoms with van der Waals surface area (Å²) in [6.45, 7) is 0. The lowest BCUT2D eigenvalue weighted by molar-refractivity contribution is 0.102. The normalized spacial score (nSPS) is 10.9. The van der Waals surface area contributed by atoms with Crippen LogP contribution in [-0.4, -0.2) is 25.3 Å². The van der Waals surface area contributed by atoms with Crippen LogP contribution in [0.2, 0.25) is 0 Å². The number of pyridine rings is 1. The van der Waals surface area contributed by atoms with Crippen molar-refractivity contribution in [2.24, 2.45) is 7.05 Å². The standard InChI is InChI=1S/C12H9Br2N5O/c1-18-6-9(11(14)17-18)16-12(20)7-2-3-10-8(13)4-15-19(10)5-7/h2-6H,1H3,(H,16,20). The number of aromatic nitrogens is 4. The maximum Gasteiger partial charge on any atom is 0.257 e. The zero-order chi connectivity index (χ0) is 14.3. The smallest absolute Gasteiger partial charge is 0.257 e. The topological polar surface area (TPSA) is 64.2 Å². The molecule has 0 saturated heterocycles. The van der Waals surface area contributed by atoms with Crippen LogP contribution in [-0.2, 0) is 7.05 Å². The van der Waals surface area contributed by atoms with Gasteiger partial charge in [0.25, 0.3) is 5.91 Å². The molecule has 1 amide bonds. The summed E-state index contributed by atoms with van der Waals surface area (Å²) in [6.07, 6.45) is 5.10. The van der Waals surface area contributed by atoms with Gasteiger partial charge in [-0.3, -0.25) is 9.48 Å². The molecule has 3 aromatic heterocycles. The van der Waals surface area contributed by atoms with Crippen LogP contribution in [0.15, 0.2) is 39.8 Å². The third kappa shape index (κ3) is 2.36. The van der Waals surface area contributed by atoms with Crippen molar-refractivity contribution in [3.63, 3.8) is 0 Å². The monoisotopic (exact) mass is 397 g/mol. The van der Waals surface area contributed by atoms with Gasteiger partial charge in [-0.25, -0.2) is 4.52 Å². The molecule has 0 bridgehead atoms. The highest BCUT2D eigenvalue weighted by atomic mass is 79.9. The van der Waals surface area contributed by atoms with E-state index in [0.29, 0.717) is 15.9 Å². The molecule has 20 heavy (non-hydrogen) atoms. The van der Waals surface area contributed by atoms with Crippen LogP contribution in [0.3, 0.4) is 0 Å². The minimum Gasteiger partial charge on any atom is -0.318 e.